The average molecular weight is 304 g/mol. The van der Waals surface area contributed by atoms with Gasteiger partial charge in [-0.15, -0.1) is 0 Å². The lowest BCUT2D eigenvalue weighted by Crippen LogP contribution is -2.55. The molecule has 9 nitrogen and oxygen atoms in total. The zero-order valence-electron chi connectivity index (χ0n) is 12.0. The Morgan fingerprint density at radius 1 is 0.905 bits per heavy atom. The van der Waals surface area contributed by atoms with Crippen molar-refractivity contribution in [3.05, 3.63) is 0 Å². The van der Waals surface area contributed by atoms with Crippen molar-refractivity contribution in [3.63, 3.8) is 0 Å². The van der Waals surface area contributed by atoms with Gasteiger partial charge in [-0.3, -0.25) is 14.4 Å². The zero-order chi connectivity index (χ0) is 16.8. The second kappa shape index (κ2) is 7.58. The van der Waals surface area contributed by atoms with Gasteiger partial charge in [0, 0.05) is 5.54 Å². The van der Waals surface area contributed by atoms with E-state index in [0.29, 0.717) is 0 Å². The van der Waals surface area contributed by atoms with Crippen molar-refractivity contribution >= 4 is 23.8 Å². The van der Waals surface area contributed by atoms with E-state index < -0.39 is 54.3 Å². The van der Waals surface area contributed by atoms with Gasteiger partial charge in [-0.25, -0.2) is 4.79 Å². The number of hydrogen-bond donors (Lipinski definition) is 5. The van der Waals surface area contributed by atoms with Gasteiger partial charge in [0.2, 0.25) is 5.91 Å². The van der Waals surface area contributed by atoms with Crippen LogP contribution in [0.15, 0.2) is 0 Å². The van der Waals surface area contributed by atoms with Crippen LogP contribution in [-0.2, 0) is 19.2 Å². The smallest absolute Gasteiger partial charge is 0.326 e. The second-order valence-electron chi connectivity index (χ2n) is 5.54. The molecular weight excluding hydrogens is 284 g/mol. The Labute approximate surface area is 121 Å². The lowest BCUT2D eigenvalue weighted by Gasteiger charge is -2.27. The highest BCUT2D eigenvalue weighted by atomic mass is 16.4. The molecule has 0 aromatic rings. The van der Waals surface area contributed by atoms with Crippen molar-refractivity contribution in [3.8, 4) is 0 Å². The summed E-state index contributed by atoms with van der Waals surface area (Å²) in [5.41, 5.74) is -0.580. The molecule has 5 N–H and O–H groups in total. The van der Waals surface area contributed by atoms with Crippen LogP contribution in [0.3, 0.4) is 0 Å². The molecule has 0 heterocycles. The number of hydrogen-bond acceptors (Lipinski definition) is 5. The number of aliphatic carboxylic acids is 3. The fourth-order valence-corrected chi connectivity index (χ4v) is 1.55. The van der Waals surface area contributed by atoms with Crippen LogP contribution in [0.2, 0.25) is 0 Å². The molecular formula is C12H20N2O7. The number of nitrogens with one attached hydrogen (secondary N) is 2. The minimum absolute atomic E-state index is 0.553. The van der Waals surface area contributed by atoms with E-state index in [-0.39, 0.29) is 0 Å². The topological polar surface area (TPSA) is 153 Å². The van der Waals surface area contributed by atoms with Crippen LogP contribution in [0.1, 0.15) is 33.6 Å². The summed E-state index contributed by atoms with van der Waals surface area (Å²) in [7, 11) is 0. The van der Waals surface area contributed by atoms with Gasteiger partial charge in [0.25, 0.3) is 0 Å². The third kappa shape index (κ3) is 8.58. The molecule has 0 fully saturated rings. The van der Waals surface area contributed by atoms with Crippen LogP contribution in [0.4, 0.5) is 0 Å². The summed E-state index contributed by atoms with van der Waals surface area (Å²) in [5.74, 6) is -5.00. The molecule has 9 heteroatoms. The fraction of sp³-hybridized carbons (Fsp3) is 0.667. The number of amides is 1. The number of rotatable bonds is 8. The molecule has 0 bridgehead atoms. The molecule has 0 radical (unpaired) electrons. The van der Waals surface area contributed by atoms with Crippen LogP contribution < -0.4 is 10.6 Å². The Bertz CT molecular complexity index is 428. The summed E-state index contributed by atoms with van der Waals surface area (Å²) in [4.78, 5) is 44.2. The Hall–Kier alpha value is -2.16. The number of carboxylic acids is 3. The first-order valence-electron chi connectivity index (χ1n) is 6.17. The SMILES string of the molecule is CC(C)(C)N[C@@H](CC(=O)O)C(=O)NC(CC(=O)O)C(=O)O. The number of carbonyl (C=O) groups is 4. The highest BCUT2D eigenvalue weighted by Crippen LogP contribution is 2.05. The van der Waals surface area contributed by atoms with E-state index in [1.807, 2.05) is 5.32 Å². The minimum Gasteiger partial charge on any atom is -0.481 e. The third-order valence-corrected chi connectivity index (χ3v) is 2.30. The van der Waals surface area contributed by atoms with Gasteiger partial charge >= 0.3 is 17.9 Å². The van der Waals surface area contributed by atoms with Gasteiger partial charge in [0.1, 0.15) is 6.04 Å². The Morgan fingerprint density at radius 2 is 1.33 bits per heavy atom. The summed E-state index contributed by atoms with van der Waals surface area (Å²) in [6.07, 6.45) is -1.35. The van der Waals surface area contributed by atoms with Crippen molar-refractivity contribution in [2.75, 3.05) is 0 Å². The molecule has 0 aromatic carbocycles. The maximum atomic E-state index is 12.0. The van der Waals surface area contributed by atoms with E-state index in [2.05, 4.69) is 5.32 Å². The molecule has 1 unspecified atom stereocenters. The van der Waals surface area contributed by atoms with Gasteiger partial charge in [-0.1, -0.05) is 0 Å². The van der Waals surface area contributed by atoms with E-state index in [1.165, 1.54) is 0 Å². The molecule has 21 heavy (non-hydrogen) atoms. The van der Waals surface area contributed by atoms with Crippen molar-refractivity contribution < 1.29 is 34.5 Å². The summed E-state index contributed by atoms with van der Waals surface area (Å²) in [6.45, 7) is 5.13. The van der Waals surface area contributed by atoms with Crippen molar-refractivity contribution in [1.29, 1.82) is 0 Å². The van der Waals surface area contributed by atoms with E-state index >= 15 is 0 Å². The quantitative estimate of drug-likeness (QED) is 0.393. The summed E-state index contributed by atoms with van der Waals surface area (Å²) in [5, 5.41) is 31.0. The van der Waals surface area contributed by atoms with Gasteiger partial charge < -0.3 is 26.0 Å². The molecule has 0 spiro atoms. The number of carboxylic acid groups (broad SMARTS) is 3. The van der Waals surface area contributed by atoms with Gasteiger partial charge in [-0.2, -0.15) is 0 Å². The summed E-state index contributed by atoms with van der Waals surface area (Å²) >= 11 is 0. The Balaban J connectivity index is 4.96. The minimum atomic E-state index is -1.62. The molecule has 0 saturated carbocycles. The molecule has 0 aliphatic rings. The van der Waals surface area contributed by atoms with E-state index in [1.54, 1.807) is 20.8 Å². The zero-order valence-corrected chi connectivity index (χ0v) is 12.0. The van der Waals surface area contributed by atoms with Gasteiger partial charge in [0.05, 0.1) is 18.9 Å². The maximum Gasteiger partial charge on any atom is 0.326 e. The number of carbonyl (C=O) groups excluding carboxylic acids is 1. The first-order chi connectivity index (χ1) is 9.42. The Kier molecular flexibility index (Phi) is 6.80. The van der Waals surface area contributed by atoms with Gasteiger partial charge in [0.15, 0.2) is 0 Å². The van der Waals surface area contributed by atoms with Gasteiger partial charge in [-0.05, 0) is 20.8 Å². The molecule has 1 amide bonds. The summed E-state index contributed by atoms with van der Waals surface area (Å²) in [6, 6.07) is -2.79. The molecule has 0 saturated heterocycles. The second-order valence-corrected chi connectivity index (χ2v) is 5.54. The monoisotopic (exact) mass is 304 g/mol. The van der Waals surface area contributed by atoms with Crippen molar-refractivity contribution in [2.45, 2.75) is 51.2 Å². The van der Waals surface area contributed by atoms with Crippen molar-refractivity contribution in [1.82, 2.24) is 10.6 Å². The van der Waals surface area contributed by atoms with E-state index in [0.717, 1.165) is 0 Å². The standard InChI is InChI=1S/C12H20N2O7/c1-12(2,3)14-6(4-8(15)16)10(19)13-7(11(20)21)5-9(17)18/h6-7,14H,4-5H2,1-3H3,(H,13,19)(H,15,16)(H,17,18)(H,20,21)/t6-,7?/m0/s1. The lowest BCUT2D eigenvalue weighted by atomic mass is 10.0. The molecule has 2 atom stereocenters. The third-order valence-electron chi connectivity index (χ3n) is 2.30. The van der Waals surface area contributed by atoms with Crippen LogP contribution >= 0.6 is 0 Å². The lowest BCUT2D eigenvalue weighted by molar-refractivity contribution is -0.148. The predicted octanol–water partition coefficient (Wildman–Crippen LogP) is -0.738. The molecule has 120 valence electrons. The summed E-state index contributed by atoms with van der Waals surface area (Å²) < 4.78 is 0. The fourth-order valence-electron chi connectivity index (χ4n) is 1.55. The van der Waals surface area contributed by atoms with Crippen LogP contribution in [-0.4, -0.2) is 56.8 Å². The first-order valence-corrected chi connectivity index (χ1v) is 6.17. The van der Waals surface area contributed by atoms with E-state index in [9.17, 15) is 19.2 Å². The predicted molar refractivity (Wildman–Crippen MR) is 70.7 cm³/mol. The average Bonchev–Trinajstić information content (AvgIpc) is 2.23. The van der Waals surface area contributed by atoms with Crippen LogP contribution in [0.25, 0.3) is 0 Å². The highest BCUT2D eigenvalue weighted by Gasteiger charge is 2.30. The van der Waals surface area contributed by atoms with Crippen molar-refractivity contribution in [2.24, 2.45) is 0 Å². The van der Waals surface area contributed by atoms with Crippen LogP contribution in [0, 0.1) is 0 Å². The molecule has 0 rings (SSSR count). The molecule has 0 aromatic heterocycles. The molecule has 0 aliphatic heterocycles. The largest absolute Gasteiger partial charge is 0.481 e. The maximum absolute atomic E-state index is 12.0. The first kappa shape index (κ1) is 18.8. The highest BCUT2D eigenvalue weighted by molar-refractivity contribution is 5.91. The normalized spacial score (nSPS) is 14.0. The molecule has 0 aliphatic carbocycles. The van der Waals surface area contributed by atoms with Crippen LogP contribution in [0.5, 0.6) is 0 Å². The Morgan fingerprint density at radius 3 is 1.67 bits per heavy atom. The van der Waals surface area contributed by atoms with E-state index in [4.69, 9.17) is 15.3 Å².